The SMILES string of the molecule is CC1(C)CC(N=C=O)CC(C)(C(N=C=O)N=C=O)C1. The van der Waals surface area contributed by atoms with E-state index >= 15 is 0 Å². The van der Waals surface area contributed by atoms with E-state index in [4.69, 9.17) is 0 Å². The number of hydrogen-bond acceptors (Lipinski definition) is 6. The molecule has 0 aromatic carbocycles. The minimum absolute atomic E-state index is 0.0902. The first-order valence-electron chi connectivity index (χ1n) is 6.08. The Kier molecular flexibility index (Phi) is 4.68. The predicted molar refractivity (Wildman–Crippen MR) is 67.7 cm³/mol. The van der Waals surface area contributed by atoms with Gasteiger partial charge in [0.2, 0.25) is 18.2 Å². The van der Waals surface area contributed by atoms with Crippen molar-refractivity contribution in [1.29, 1.82) is 0 Å². The fourth-order valence-electron chi connectivity index (χ4n) is 3.29. The summed E-state index contributed by atoms with van der Waals surface area (Å²) in [5.41, 5.74) is -0.616. The minimum Gasteiger partial charge on any atom is -0.211 e. The second kappa shape index (κ2) is 5.85. The molecule has 1 aliphatic carbocycles. The molecule has 6 heteroatoms. The van der Waals surface area contributed by atoms with Gasteiger partial charge in [-0.05, 0) is 24.7 Å². The summed E-state index contributed by atoms with van der Waals surface area (Å²) in [5.74, 6) is 0. The molecule has 1 rings (SSSR count). The largest absolute Gasteiger partial charge is 0.237 e. The zero-order chi connectivity index (χ0) is 14.5. The molecular formula is C13H17N3O3. The van der Waals surface area contributed by atoms with Gasteiger partial charge in [0.05, 0.1) is 6.04 Å². The van der Waals surface area contributed by atoms with Crippen molar-refractivity contribution in [3.8, 4) is 0 Å². The maximum atomic E-state index is 10.5. The molecule has 0 bridgehead atoms. The average Bonchev–Trinajstić information content (AvgIpc) is 2.26. The van der Waals surface area contributed by atoms with Gasteiger partial charge in [0.15, 0.2) is 6.17 Å². The van der Waals surface area contributed by atoms with E-state index in [2.05, 4.69) is 15.0 Å². The van der Waals surface area contributed by atoms with E-state index in [0.717, 1.165) is 6.42 Å². The first kappa shape index (κ1) is 15.2. The maximum Gasteiger partial charge on any atom is 0.237 e. The van der Waals surface area contributed by atoms with Crippen molar-refractivity contribution in [2.75, 3.05) is 0 Å². The summed E-state index contributed by atoms with van der Waals surface area (Å²) < 4.78 is 0. The topological polar surface area (TPSA) is 88.3 Å². The van der Waals surface area contributed by atoms with Gasteiger partial charge >= 0.3 is 0 Å². The van der Waals surface area contributed by atoms with Gasteiger partial charge in [-0.3, -0.25) is 0 Å². The Morgan fingerprint density at radius 3 is 2.05 bits per heavy atom. The van der Waals surface area contributed by atoms with E-state index in [-0.39, 0.29) is 11.5 Å². The molecule has 0 aliphatic heterocycles. The van der Waals surface area contributed by atoms with Crippen molar-refractivity contribution >= 4 is 18.2 Å². The van der Waals surface area contributed by atoms with Crippen LogP contribution in [0.4, 0.5) is 0 Å². The first-order chi connectivity index (χ1) is 8.87. The van der Waals surface area contributed by atoms with Gasteiger partial charge in [0.1, 0.15) is 0 Å². The fourth-order valence-corrected chi connectivity index (χ4v) is 3.29. The normalized spacial score (nSPS) is 30.2. The molecule has 0 heterocycles. The molecule has 2 unspecified atom stereocenters. The highest BCUT2D eigenvalue weighted by atomic mass is 16.1. The third-order valence-corrected chi connectivity index (χ3v) is 3.58. The lowest BCUT2D eigenvalue weighted by molar-refractivity contribution is 0.0644. The van der Waals surface area contributed by atoms with E-state index in [9.17, 15) is 14.4 Å². The van der Waals surface area contributed by atoms with Crippen molar-refractivity contribution in [2.45, 2.75) is 52.2 Å². The second-order valence-electron chi connectivity index (χ2n) is 6.09. The van der Waals surface area contributed by atoms with Crippen LogP contribution in [0.3, 0.4) is 0 Å². The van der Waals surface area contributed by atoms with Crippen molar-refractivity contribution < 1.29 is 14.4 Å². The summed E-state index contributed by atoms with van der Waals surface area (Å²) in [6.45, 7) is 5.97. The van der Waals surface area contributed by atoms with Crippen LogP contribution in [0.5, 0.6) is 0 Å². The van der Waals surface area contributed by atoms with Gasteiger partial charge in [-0.15, -0.1) is 0 Å². The van der Waals surface area contributed by atoms with Crippen LogP contribution in [-0.2, 0) is 14.4 Å². The van der Waals surface area contributed by atoms with Gasteiger partial charge in [-0.25, -0.2) is 19.4 Å². The van der Waals surface area contributed by atoms with Crippen LogP contribution >= 0.6 is 0 Å². The van der Waals surface area contributed by atoms with Crippen LogP contribution in [0.25, 0.3) is 0 Å². The lowest BCUT2D eigenvalue weighted by Crippen LogP contribution is -2.43. The molecule has 6 nitrogen and oxygen atoms in total. The summed E-state index contributed by atoms with van der Waals surface area (Å²) in [7, 11) is 0. The number of nitrogens with zero attached hydrogens (tertiary/aromatic N) is 3. The summed E-state index contributed by atoms with van der Waals surface area (Å²) in [6.07, 6.45) is 5.62. The van der Waals surface area contributed by atoms with Crippen LogP contribution in [0.15, 0.2) is 15.0 Å². The highest BCUT2D eigenvalue weighted by Crippen LogP contribution is 2.49. The molecule has 1 aliphatic rings. The lowest BCUT2D eigenvalue weighted by atomic mass is 9.61. The Balaban J connectivity index is 3.15. The number of aliphatic imine (C=N–C) groups is 3. The van der Waals surface area contributed by atoms with Crippen LogP contribution in [0, 0.1) is 10.8 Å². The molecule has 0 amide bonds. The molecule has 1 fully saturated rings. The zero-order valence-corrected chi connectivity index (χ0v) is 11.3. The first-order valence-corrected chi connectivity index (χ1v) is 6.08. The predicted octanol–water partition coefficient (Wildman–Crippen LogP) is 1.90. The highest BCUT2D eigenvalue weighted by molar-refractivity contribution is 5.38. The molecule has 0 N–H and O–H groups in total. The van der Waals surface area contributed by atoms with E-state index in [1.165, 1.54) is 12.2 Å². The van der Waals surface area contributed by atoms with E-state index in [1.807, 2.05) is 20.8 Å². The Bertz CT molecular complexity index is 465. The van der Waals surface area contributed by atoms with Gasteiger partial charge in [-0.2, -0.15) is 9.98 Å². The number of isocyanates is 3. The molecule has 0 saturated heterocycles. The Hall–Kier alpha value is -1.86. The van der Waals surface area contributed by atoms with Crippen LogP contribution in [0.1, 0.15) is 40.0 Å². The molecular weight excluding hydrogens is 246 g/mol. The molecule has 19 heavy (non-hydrogen) atoms. The maximum absolute atomic E-state index is 10.5. The average molecular weight is 263 g/mol. The molecule has 0 aromatic rings. The van der Waals surface area contributed by atoms with Crippen molar-refractivity contribution in [2.24, 2.45) is 25.8 Å². The third-order valence-electron chi connectivity index (χ3n) is 3.58. The number of hydrogen-bond donors (Lipinski definition) is 0. The second-order valence-corrected chi connectivity index (χ2v) is 6.09. The van der Waals surface area contributed by atoms with Crippen LogP contribution in [0.2, 0.25) is 0 Å². The Labute approximate surface area is 111 Å². The summed E-state index contributed by atoms with van der Waals surface area (Å²) >= 11 is 0. The summed E-state index contributed by atoms with van der Waals surface area (Å²) in [4.78, 5) is 42.4. The number of rotatable bonds is 4. The Morgan fingerprint density at radius 1 is 1.00 bits per heavy atom. The molecule has 0 radical (unpaired) electrons. The molecule has 1 saturated carbocycles. The fraction of sp³-hybridized carbons (Fsp3) is 0.769. The van der Waals surface area contributed by atoms with Crippen molar-refractivity contribution in [3.05, 3.63) is 0 Å². The van der Waals surface area contributed by atoms with Crippen LogP contribution in [-0.4, -0.2) is 30.4 Å². The number of carbonyl (C=O) groups excluding carboxylic acids is 3. The molecule has 0 spiro atoms. The lowest BCUT2D eigenvalue weighted by Gasteiger charge is -2.45. The van der Waals surface area contributed by atoms with Crippen molar-refractivity contribution in [3.63, 3.8) is 0 Å². The van der Waals surface area contributed by atoms with E-state index < -0.39 is 11.6 Å². The zero-order valence-electron chi connectivity index (χ0n) is 11.3. The summed E-state index contributed by atoms with van der Waals surface area (Å²) in [6, 6.07) is -0.197. The monoisotopic (exact) mass is 263 g/mol. The summed E-state index contributed by atoms with van der Waals surface area (Å²) in [5, 5.41) is 0. The van der Waals surface area contributed by atoms with Crippen LogP contribution < -0.4 is 0 Å². The minimum atomic E-state index is -0.827. The van der Waals surface area contributed by atoms with E-state index in [0.29, 0.717) is 12.8 Å². The quantitative estimate of drug-likeness (QED) is 0.573. The Morgan fingerprint density at radius 2 is 1.58 bits per heavy atom. The van der Waals surface area contributed by atoms with E-state index in [1.54, 1.807) is 6.08 Å². The highest BCUT2D eigenvalue weighted by Gasteiger charge is 2.46. The molecule has 2 atom stereocenters. The van der Waals surface area contributed by atoms with Gasteiger partial charge in [-0.1, -0.05) is 20.8 Å². The van der Waals surface area contributed by atoms with Gasteiger partial charge in [0.25, 0.3) is 0 Å². The third kappa shape index (κ3) is 3.80. The molecule has 102 valence electrons. The molecule has 0 aromatic heterocycles. The standard InChI is InChI=1S/C13H17N3O3/c1-12(2)4-10(14-7-17)5-13(3,6-12)11(15-8-18)16-9-19/h10-11H,4-6H2,1-3H3. The smallest absolute Gasteiger partial charge is 0.211 e. The van der Waals surface area contributed by atoms with Gasteiger partial charge < -0.3 is 0 Å². The van der Waals surface area contributed by atoms with Gasteiger partial charge in [0, 0.05) is 5.41 Å². The van der Waals surface area contributed by atoms with Crippen molar-refractivity contribution in [1.82, 2.24) is 0 Å².